The molecule has 2 rings (SSSR count). The summed E-state index contributed by atoms with van der Waals surface area (Å²) in [6.45, 7) is 9.86. The van der Waals surface area contributed by atoms with Gasteiger partial charge in [0.1, 0.15) is 0 Å². The summed E-state index contributed by atoms with van der Waals surface area (Å²) in [6.07, 6.45) is 7.98. The van der Waals surface area contributed by atoms with Gasteiger partial charge in [-0.15, -0.1) is 24.0 Å². The Balaban J connectivity index is 0.00000264. The summed E-state index contributed by atoms with van der Waals surface area (Å²) >= 11 is 0. The van der Waals surface area contributed by atoms with Gasteiger partial charge in [-0.05, 0) is 46.3 Å². The zero-order chi connectivity index (χ0) is 15.6. The molecule has 0 aromatic heterocycles. The predicted molar refractivity (Wildman–Crippen MR) is 110 cm³/mol. The second kappa shape index (κ2) is 12.3. The van der Waals surface area contributed by atoms with Crippen LogP contribution in [-0.2, 0) is 0 Å². The molecule has 1 aliphatic carbocycles. The summed E-state index contributed by atoms with van der Waals surface area (Å²) in [6, 6.07) is 0.624. The highest BCUT2D eigenvalue weighted by atomic mass is 127. The Morgan fingerprint density at radius 3 is 2.57 bits per heavy atom. The Kier molecular flexibility index (Phi) is 11.2. The van der Waals surface area contributed by atoms with Crippen LogP contribution in [-0.4, -0.2) is 74.7 Å². The van der Waals surface area contributed by atoms with E-state index >= 15 is 0 Å². The van der Waals surface area contributed by atoms with Crippen molar-refractivity contribution in [3.63, 3.8) is 0 Å². The first-order valence-electron chi connectivity index (χ1n) is 9.23. The van der Waals surface area contributed by atoms with Crippen molar-refractivity contribution < 1.29 is 0 Å². The highest BCUT2D eigenvalue weighted by molar-refractivity contribution is 14.0. The van der Waals surface area contributed by atoms with Crippen LogP contribution < -0.4 is 10.6 Å². The molecule has 0 unspecified atom stereocenters. The summed E-state index contributed by atoms with van der Waals surface area (Å²) in [4.78, 5) is 9.77. The molecule has 0 aromatic carbocycles. The lowest BCUT2D eigenvalue weighted by Crippen LogP contribution is -2.44. The van der Waals surface area contributed by atoms with Crippen molar-refractivity contribution in [2.75, 3.05) is 52.9 Å². The van der Waals surface area contributed by atoms with Crippen molar-refractivity contribution in [3.8, 4) is 0 Å². The summed E-state index contributed by atoms with van der Waals surface area (Å²) < 4.78 is 0. The fourth-order valence-corrected chi connectivity index (χ4v) is 3.39. The van der Waals surface area contributed by atoms with E-state index in [1.54, 1.807) is 0 Å². The smallest absolute Gasteiger partial charge is 0.191 e. The van der Waals surface area contributed by atoms with E-state index in [4.69, 9.17) is 4.99 Å². The van der Waals surface area contributed by atoms with Gasteiger partial charge < -0.3 is 20.4 Å². The number of halogens is 1. The van der Waals surface area contributed by atoms with Gasteiger partial charge in [-0.1, -0.05) is 19.3 Å². The topological polar surface area (TPSA) is 42.9 Å². The van der Waals surface area contributed by atoms with E-state index in [2.05, 4.69) is 34.4 Å². The molecule has 23 heavy (non-hydrogen) atoms. The minimum absolute atomic E-state index is 0. The zero-order valence-electron chi connectivity index (χ0n) is 15.0. The number of nitrogens with one attached hydrogen (secondary N) is 2. The summed E-state index contributed by atoms with van der Waals surface area (Å²) in [5.74, 6) is 1.02. The van der Waals surface area contributed by atoms with Gasteiger partial charge in [-0.3, -0.25) is 4.99 Å². The first-order chi connectivity index (χ1) is 10.8. The Hall–Kier alpha value is -0.0800. The fraction of sp³-hybridized carbons (Fsp3) is 0.941. The molecule has 6 heteroatoms. The number of hydrogen-bond acceptors (Lipinski definition) is 3. The van der Waals surface area contributed by atoms with Gasteiger partial charge >= 0.3 is 0 Å². The van der Waals surface area contributed by atoms with Gasteiger partial charge in [0.25, 0.3) is 0 Å². The van der Waals surface area contributed by atoms with E-state index in [0.29, 0.717) is 6.04 Å². The van der Waals surface area contributed by atoms with Crippen LogP contribution >= 0.6 is 24.0 Å². The van der Waals surface area contributed by atoms with Crippen LogP contribution in [0.3, 0.4) is 0 Å². The molecule has 1 aliphatic heterocycles. The van der Waals surface area contributed by atoms with Gasteiger partial charge in [0.2, 0.25) is 0 Å². The van der Waals surface area contributed by atoms with E-state index < -0.39 is 0 Å². The molecule has 5 nitrogen and oxygen atoms in total. The standard InChI is InChI=1S/C17H35N5.HI/c1-3-18-17(20-16-8-5-4-6-9-16)19-10-13-22-12-7-11-21(2)14-15-22;/h16H,3-15H2,1-2H3,(H2,18,19,20);1H. The van der Waals surface area contributed by atoms with Crippen molar-refractivity contribution in [2.45, 2.75) is 51.5 Å². The van der Waals surface area contributed by atoms with E-state index in [0.717, 1.165) is 25.6 Å². The first kappa shape index (κ1) is 21.0. The molecule has 1 heterocycles. The van der Waals surface area contributed by atoms with Crippen molar-refractivity contribution in [2.24, 2.45) is 4.99 Å². The second-order valence-corrected chi connectivity index (χ2v) is 6.74. The van der Waals surface area contributed by atoms with Crippen LogP contribution in [0.5, 0.6) is 0 Å². The second-order valence-electron chi connectivity index (χ2n) is 6.74. The molecule has 2 fully saturated rings. The van der Waals surface area contributed by atoms with Crippen molar-refractivity contribution >= 4 is 29.9 Å². The molecule has 0 aromatic rings. The third kappa shape index (κ3) is 8.54. The highest BCUT2D eigenvalue weighted by Gasteiger charge is 2.15. The maximum absolute atomic E-state index is 4.79. The van der Waals surface area contributed by atoms with E-state index in [1.807, 2.05) is 0 Å². The zero-order valence-corrected chi connectivity index (χ0v) is 17.3. The molecule has 0 radical (unpaired) electrons. The number of likely N-dealkylation sites (N-methyl/N-ethyl adjacent to an activating group) is 1. The highest BCUT2D eigenvalue weighted by Crippen LogP contribution is 2.17. The van der Waals surface area contributed by atoms with Crippen LogP contribution in [0.2, 0.25) is 0 Å². The lowest BCUT2D eigenvalue weighted by Gasteiger charge is -2.25. The Bertz CT molecular complexity index is 331. The predicted octanol–water partition coefficient (Wildman–Crippen LogP) is 2.13. The van der Waals surface area contributed by atoms with Gasteiger partial charge in [0.15, 0.2) is 5.96 Å². The molecule has 0 bridgehead atoms. The average molecular weight is 437 g/mol. The molecule has 136 valence electrons. The molecule has 2 aliphatic rings. The van der Waals surface area contributed by atoms with Crippen LogP contribution in [0.15, 0.2) is 4.99 Å². The van der Waals surface area contributed by atoms with Crippen LogP contribution in [0.4, 0.5) is 0 Å². The number of hydrogen-bond donors (Lipinski definition) is 2. The fourth-order valence-electron chi connectivity index (χ4n) is 3.39. The molecule has 1 saturated heterocycles. The first-order valence-corrected chi connectivity index (χ1v) is 9.23. The van der Waals surface area contributed by atoms with E-state index in [1.165, 1.54) is 64.7 Å². The van der Waals surface area contributed by atoms with Crippen LogP contribution in [0.1, 0.15) is 45.4 Å². The number of nitrogens with zero attached hydrogens (tertiary/aromatic N) is 3. The number of rotatable bonds is 5. The number of aliphatic imine (C=N–C) groups is 1. The SMILES string of the molecule is CCNC(=NCCN1CCCN(C)CC1)NC1CCCCC1.I. The lowest BCUT2D eigenvalue weighted by atomic mass is 9.96. The van der Waals surface area contributed by atoms with E-state index in [-0.39, 0.29) is 24.0 Å². The molecule has 0 atom stereocenters. The average Bonchev–Trinajstić information content (AvgIpc) is 2.73. The molecular weight excluding hydrogens is 401 g/mol. The Labute approximate surface area is 159 Å². The van der Waals surface area contributed by atoms with Gasteiger partial charge in [-0.25, -0.2) is 0 Å². The summed E-state index contributed by atoms with van der Waals surface area (Å²) in [5.41, 5.74) is 0. The summed E-state index contributed by atoms with van der Waals surface area (Å²) in [5, 5.41) is 7.03. The molecule has 0 spiro atoms. The third-order valence-corrected chi connectivity index (χ3v) is 4.79. The van der Waals surface area contributed by atoms with E-state index in [9.17, 15) is 0 Å². The molecule has 0 amide bonds. The largest absolute Gasteiger partial charge is 0.357 e. The van der Waals surface area contributed by atoms with Crippen LogP contribution in [0.25, 0.3) is 0 Å². The molecule has 2 N–H and O–H groups in total. The minimum atomic E-state index is 0. The molecule has 1 saturated carbocycles. The monoisotopic (exact) mass is 437 g/mol. The van der Waals surface area contributed by atoms with Crippen molar-refractivity contribution in [1.29, 1.82) is 0 Å². The van der Waals surface area contributed by atoms with Crippen LogP contribution in [0, 0.1) is 0 Å². The quantitative estimate of drug-likeness (QED) is 0.393. The maximum Gasteiger partial charge on any atom is 0.191 e. The van der Waals surface area contributed by atoms with Gasteiger partial charge in [-0.2, -0.15) is 0 Å². The third-order valence-electron chi connectivity index (χ3n) is 4.79. The van der Waals surface area contributed by atoms with Gasteiger partial charge in [0.05, 0.1) is 6.54 Å². The van der Waals surface area contributed by atoms with Crippen molar-refractivity contribution in [1.82, 2.24) is 20.4 Å². The lowest BCUT2D eigenvalue weighted by molar-refractivity contribution is 0.283. The normalized spacial score (nSPS) is 22.3. The Morgan fingerprint density at radius 1 is 1.04 bits per heavy atom. The minimum Gasteiger partial charge on any atom is -0.357 e. The number of guanidine groups is 1. The molecular formula is C17H36IN5. The maximum atomic E-state index is 4.79. The van der Waals surface area contributed by atoms with Crippen molar-refractivity contribution in [3.05, 3.63) is 0 Å². The van der Waals surface area contributed by atoms with Gasteiger partial charge in [0, 0.05) is 32.2 Å². The Morgan fingerprint density at radius 2 is 1.83 bits per heavy atom. The summed E-state index contributed by atoms with van der Waals surface area (Å²) in [7, 11) is 2.22.